The van der Waals surface area contributed by atoms with Crippen LogP contribution < -0.4 is 15.4 Å². The van der Waals surface area contributed by atoms with Gasteiger partial charge in [0.05, 0.1) is 17.6 Å². The summed E-state index contributed by atoms with van der Waals surface area (Å²) < 4.78 is 6.14. The Morgan fingerprint density at radius 3 is 2.45 bits per heavy atom. The fraction of sp³-hybridized carbons (Fsp3) is 0.294. The van der Waals surface area contributed by atoms with E-state index in [1.807, 2.05) is 68.1 Å². The topological polar surface area (TPSA) is 79.3 Å². The predicted octanol–water partition coefficient (Wildman–Crippen LogP) is 7.79. The maximum Gasteiger partial charge on any atom is 0.162 e. The zero-order valence-corrected chi connectivity index (χ0v) is 24.4. The van der Waals surface area contributed by atoms with Crippen LogP contribution in [0.25, 0.3) is 0 Å². The smallest absolute Gasteiger partial charge is 0.162 e. The van der Waals surface area contributed by atoms with Crippen LogP contribution in [0, 0.1) is 37.5 Å². The van der Waals surface area contributed by atoms with Gasteiger partial charge in [0.25, 0.3) is 0 Å². The molecule has 0 aromatic heterocycles. The first-order valence-corrected chi connectivity index (χ1v) is 13.9. The van der Waals surface area contributed by atoms with E-state index < -0.39 is 5.92 Å². The quantitative estimate of drug-likeness (QED) is 0.350. The van der Waals surface area contributed by atoms with Gasteiger partial charge in [0, 0.05) is 28.4 Å². The van der Waals surface area contributed by atoms with Crippen molar-refractivity contribution in [3.8, 4) is 11.8 Å². The third kappa shape index (κ3) is 5.12. The highest BCUT2D eigenvalue weighted by atomic mass is 35.5. The Hall–Kier alpha value is -4.01. The Kier molecular flexibility index (Phi) is 7.25. The number of anilines is 1. The van der Waals surface area contributed by atoms with Gasteiger partial charge in [-0.3, -0.25) is 9.69 Å². The number of carbonyl (C=O) groups is 1. The lowest BCUT2D eigenvalue weighted by Gasteiger charge is -2.44. The number of Topliss-reactive ketones (excluding diaryl/α,β-unsaturated/α-hetero) is 1. The number of ether oxygens (including phenoxy) is 1. The van der Waals surface area contributed by atoms with Gasteiger partial charge < -0.3 is 10.5 Å². The number of hydrogen-bond acceptors (Lipinski definition) is 5. The molecule has 204 valence electrons. The molecule has 2 aliphatic rings. The Morgan fingerprint density at radius 2 is 1.77 bits per heavy atom. The van der Waals surface area contributed by atoms with E-state index >= 15 is 0 Å². The van der Waals surface area contributed by atoms with Crippen molar-refractivity contribution in [2.75, 3.05) is 4.90 Å². The van der Waals surface area contributed by atoms with E-state index in [1.54, 1.807) is 6.07 Å². The second kappa shape index (κ2) is 10.5. The predicted molar refractivity (Wildman–Crippen MR) is 160 cm³/mol. The number of allylic oxidation sites excluding steroid dienone is 3. The number of halogens is 1. The molecule has 1 aliphatic carbocycles. The van der Waals surface area contributed by atoms with E-state index in [0.717, 1.165) is 39.4 Å². The molecule has 1 atom stereocenters. The number of ketones is 1. The van der Waals surface area contributed by atoms with E-state index in [1.165, 1.54) is 5.56 Å². The van der Waals surface area contributed by atoms with Crippen molar-refractivity contribution in [2.24, 2.45) is 11.1 Å². The minimum Gasteiger partial charge on any atom is -0.489 e. The molecule has 1 aliphatic heterocycles. The van der Waals surface area contributed by atoms with Gasteiger partial charge in [-0.25, -0.2) is 0 Å². The monoisotopic (exact) mass is 551 g/mol. The minimum absolute atomic E-state index is 0.0434. The SMILES string of the molecule is Cc1ccc(OCc2cc(C)cc(C3C(C#N)=C(N)N(c4cccc(Cl)c4)C4=C3C(=O)CC(C)(C)C4)c2C)cc1. The lowest BCUT2D eigenvalue weighted by Crippen LogP contribution is -2.42. The fourth-order valence-corrected chi connectivity index (χ4v) is 6.12. The number of hydrogen-bond donors (Lipinski definition) is 1. The standard InChI is InChI=1S/C34H34ClN3O2/c1-20-9-11-26(12-10-20)40-19-23-13-21(2)14-27(22(23)3)31-28(18-36)33(37)38(25-8-6-7-24(35)15-25)29-16-34(4,5)17-30(39)32(29)31/h6-15,31H,16-17,19,37H2,1-5H3. The van der Waals surface area contributed by atoms with Crippen LogP contribution in [-0.4, -0.2) is 5.78 Å². The van der Waals surface area contributed by atoms with E-state index in [-0.39, 0.29) is 11.2 Å². The second-order valence-corrected chi connectivity index (χ2v) is 12.1. The Balaban J connectivity index is 1.67. The number of nitrogens with zero attached hydrogens (tertiary/aromatic N) is 2. The molecule has 0 saturated carbocycles. The molecule has 3 aromatic carbocycles. The highest BCUT2D eigenvalue weighted by Gasteiger charge is 2.45. The summed E-state index contributed by atoms with van der Waals surface area (Å²) in [6.07, 6.45) is 1.04. The molecule has 0 amide bonds. The van der Waals surface area contributed by atoms with E-state index in [9.17, 15) is 10.1 Å². The fourth-order valence-electron chi connectivity index (χ4n) is 5.94. The molecule has 0 fully saturated rings. The summed E-state index contributed by atoms with van der Waals surface area (Å²) in [5.74, 6) is 0.607. The summed E-state index contributed by atoms with van der Waals surface area (Å²) in [6.45, 7) is 10.7. The lowest BCUT2D eigenvalue weighted by molar-refractivity contribution is -0.118. The maximum absolute atomic E-state index is 14.0. The number of carbonyl (C=O) groups excluding carboxylic acids is 1. The molecule has 0 radical (unpaired) electrons. The Bertz CT molecular complexity index is 1610. The number of nitriles is 1. The summed E-state index contributed by atoms with van der Waals surface area (Å²) in [5.41, 5.74) is 14.3. The summed E-state index contributed by atoms with van der Waals surface area (Å²) in [4.78, 5) is 15.8. The van der Waals surface area contributed by atoms with Crippen LogP contribution in [0.2, 0.25) is 5.02 Å². The summed E-state index contributed by atoms with van der Waals surface area (Å²) in [7, 11) is 0. The Labute approximate surface area is 241 Å². The first kappa shape index (κ1) is 27.6. The second-order valence-electron chi connectivity index (χ2n) is 11.7. The van der Waals surface area contributed by atoms with E-state index in [0.29, 0.717) is 41.4 Å². The number of nitrogens with two attached hydrogens (primary N) is 1. The van der Waals surface area contributed by atoms with Crippen LogP contribution in [-0.2, 0) is 11.4 Å². The van der Waals surface area contributed by atoms with Gasteiger partial charge in [-0.15, -0.1) is 0 Å². The van der Waals surface area contributed by atoms with Crippen LogP contribution in [0.4, 0.5) is 5.69 Å². The van der Waals surface area contributed by atoms with Crippen LogP contribution in [0.5, 0.6) is 5.75 Å². The van der Waals surface area contributed by atoms with Crippen molar-refractivity contribution in [1.82, 2.24) is 0 Å². The highest BCUT2D eigenvalue weighted by molar-refractivity contribution is 6.30. The van der Waals surface area contributed by atoms with Gasteiger partial charge in [0.2, 0.25) is 0 Å². The minimum atomic E-state index is -0.558. The molecule has 1 unspecified atom stereocenters. The molecular weight excluding hydrogens is 518 g/mol. The first-order valence-electron chi connectivity index (χ1n) is 13.5. The van der Waals surface area contributed by atoms with Crippen molar-refractivity contribution < 1.29 is 9.53 Å². The summed E-state index contributed by atoms with van der Waals surface area (Å²) >= 11 is 6.36. The third-order valence-corrected chi connectivity index (χ3v) is 8.11. The molecule has 0 spiro atoms. The summed E-state index contributed by atoms with van der Waals surface area (Å²) in [6, 6.07) is 21.9. The van der Waals surface area contributed by atoms with Crippen molar-refractivity contribution >= 4 is 23.1 Å². The zero-order valence-electron chi connectivity index (χ0n) is 23.6. The largest absolute Gasteiger partial charge is 0.489 e. The number of benzene rings is 3. The molecule has 3 aromatic rings. The van der Waals surface area contributed by atoms with Gasteiger partial charge in [-0.1, -0.05) is 66.9 Å². The number of rotatable bonds is 5. The average molecular weight is 552 g/mol. The molecular formula is C34H34ClN3O2. The lowest BCUT2D eigenvalue weighted by atomic mass is 9.68. The van der Waals surface area contributed by atoms with Crippen LogP contribution in [0.3, 0.4) is 0 Å². The van der Waals surface area contributed by atoms with E-state index in [4.69, 9.17) is 22.1 Å². The van der Waals surface area contributed by atoms with Gasteiger partial charge in [0.15, 0.2) is 5.78 Å². The summed E-state index contributed by atoms with van der Waals surface area (Å²) in [5, 5.41) is 11.1. The van der Waals surface area contributed by atoms with Gasteiger partial charge in [-0.2, -0.15) is 5.26 Å². The normalized spacial score (nSPS) is 18.5. The third-order valence-electron chi connectivity index (χ3n) is 7.87. The average Bonchev–Trinajstić information content (AvgIpc) is 2.88. The van der Waals surface area contributed by atoms with Crippen LogP contribution in [0.15, 0.2) is 83.3 Å². The highest BCUT2D eigenvalue weighted by Crippen LogP contribution is 2.51. The van der Waals surface area contributed by atoms with E-state index in [2.05, 4.69) is 32.0 Å². The molecule has 1 heterocycles. The van der Waals surface area contributed by atoms with Gasteiger partial charge in [0.1, 0.15) is 18.2 Å². The van der Waals surface area contributed by atoms with Crippen LogP contribution >= 0.6 is 11.6 Å². The molecule has 0 saturated heterocycles. The maximum atomic E-state index is 14.0. The molecule has 5 nitrogen and oxygen atoms in total. The van der Waals surface area contributed by atoms with Crippen molar-refractivity contribution in [3.63, 3.8) is 0 Å². The van der Waals surface area contributed by atoms with Crippen molar-refractivity contribution in [2.45, 2.75) is 60.0 Å². The molecule has 5 rings (SSSR count). The molecule has 40 heavy (non-hydrogen) atoms. The van der Waals surface area contributed by atoms with Gasteiger partial charge >= 0.3 is 0 Å². The van der Waals surface area contributed by atoms with Crippen molar-refractivity contribution in [1.29, 1.82) is 5.26 Å². The van der Waals surface area contributed by atoms with Gasteiger partial charge in [-0.05, 0) is 79.6 Å². The molecule has 2 N–H and O–H groups in total. The number of aryl methyl sites for hydroxylation is 2. The zero-order chi connectivity index (χ0) is 28.8. The van der Waals surface area contributed by atoms with Crippen molar-refractivity contribution in [3.05, 3.63) is 116 Å². The van der Waals surface area contributed by atoms with Crippen LogP contribution in [0.1, 0.15) is 60.4 Å². The first-order chi connectivity index (χ1) is 19.0. The molecule has 0 bridgehead atoms. The Morgan fingerprint density at radius 1 is 1.05 bits per heavy atom. The molecule has 6 heteroatoms.